The Morgan fingerprint density at radius 1 is 1.23 bits per heavy atom. The van der Waals surface area contributed by atoms with Crippen LogP contribution in [0.15, 0.2) is 41.7 Å². The highest BCUT2D eigenvalue weighted by Gasteiger charge is 2.20. The Kier molecular flexibility index (Phi) is 5.14. The van der Waals surface area contributed by atoms with Gasteiger partial charge in [0.15, 0.2) is 5.96 Å². The van der Waals surface area contributed by atoms with E-state index in [1.807, 2.05) is 13.1 Å². The monoisotopic (exact) mass is 300 g/mol. The number of aliphatic imine (C=N–C) groups is 1. The highest BCUT2D eigenvalue weighted by molar-refractivity contribution is 5.79. The fourth-order valence-corrected chi connectivity index (χ4v) is 2.16. The van der Waals surface area contributed by atoms with Crippen molar-refractivity contribution in [3.8, 4) is 0 Å². The van der Waals surface area contributed by atoms with Crippen LogP contribution in [-0.4, -0.2) is 34.3 Å². The second-order valence-corrected chi connectivity index (χ2v) is 5.83. The average Bonchev–Trinajstić information content (AvgIpc) is 2.93. The standard InChI is InChI=1S/C16H24N6/c1-16(2,13-8-6-5-7-9-13)11-19-15(17-3)18-10-14-20-12-21-22(14)4/h5-9,12H,10-11H2,1-4H3,(H2,17,18,19). The first kappa shape index (κ1) is 16.0. The molecule has 0 unspecified atom stereocenters. The molecule has 6 nitrogen and oxygen atoms in total. The number of guanidine groups is 1. The van der Waals surface area contributed by atoms with Gasteiger partial charge in [-0.15, -0.1) is 0 Å². The predicted molar refractivity (Wildman–Crippen MR) is 88.7 cm³/mol. The van der Waals surface area contributed by atoms with E-state index in [0.717, 1.165) is 18.3 Å². The first-order chi connectivity index (χ1) is 10.5. The summed E-state index contributed by atoms with van der Waals surface area (Å²) in [5.74, 6) is 1.62. The SMILES string of the molecule is CN=C(NCc1ncnn1C)NCC(C)(C)c1ccccc1. The molecule has 1 aromatic carbocycles. The lowest BCUT2D eigenvalue weighted by Crippen LogP contribution is -2.43. The van der Waals surface area contributed by atoms with Gasteiger partial charge in [0.05, 0.1) is 6.54 Å². The van der Waals surface area contributed by atoms with E-state index in [4.69, 9.17) is 0 Å². The summed E-state index contributed by atoms with van der Waals surface area (Å²) in [5.41, 5.74) is 1.31. The molecule has 1 aromatic heterocycles. The minimum absolute atomic E-state index is 0.0175. The Balaban J connectivity index is 1.90. The molecule has 0 bridgehead atoms. The van der Waals surface area contributed by atoms with E-state index in [0.29, 0.717) is 6.54 Å². The van der Waals surface area contributed by atoms with Crippen LogP contribution in [0.3, 0.4) is 0 Å². The predicted octanol–water partition coefficient (Wildman–Crippen LogP) is 1.46. The maximum Gasteiger partial charge on any atom is 0.191 e. The number of hydrogen-bond acceptors (Lipinski definition) is 3. The second-order valence-electron chi connectivity index (χ2n) is 5.83. The zero-order valence-electron chi connectivity index (χ0n) is 13.7. The van der Waals surface area contributed by atoms with Gasteiger partial charge >= 0.3 is 0 Å². The molecule has 2 rings (SSSR count). The van der Waals surface area contributed by atoms with Gasteiger partial charge in [-0.3, -0.25) is 9.67 Å². The Morgan fingerprint density at radius 2 is 1.95 bits per heavy atom. The van der Waals surface area contributed by atoms with Crippen LogP contribution in [0.2, 0.25) is 0 Å². The number of nitrogens with one attached hydrogen (secondary N) is 2. The molecule has 6 heteroatoms. The van der Waals surface area contributed by atoms with Crippen molar-refractivity contribution in [2.24, 2.45) is 12.0 Å². The Morgan fingerprint density at radius 3 is 2.55 bits per heavy atom. The van der Waals surface area contributed by atoms with E-state index in [1.165, 1.54) is 5.56 Å². The zero-order valence-corrected chi connectivity index (χ0v) is 13.7. The third-order valence-electron chi connectivity index (χ3n) is 3.70. The quantitative estimate of drug-likeness (QED) is 0.648. The smallest absolute Gasteiger partial charge is 0.191 e. The molecule has 0 aliphatic rings. The summed E-state index contributed by atoms with van der Waals surface area (Å²) >= 11 is 0. The molecule has 0 spiro atoms. The molecular weight excluding hydrogens is 276 g/mol. The Bertz CT molecular complexity index is 615. The third kappa shape index (κ3) is 4.07. The van der Waals surface area contributed by atoms with Crippen molar-refractivity contribution in [2.45, 2.75) is 25.8 Å². The highest BCUT2D eigenvalue weighted by Crippen LogP contribution is 2.21. The zero-order chi connectivity index (χ0) is 16.0. The molecule has 0 saturated heterocycles. The van der Waals surface area contributed by atoms with Crippen LogP contribution >= 0.6 is 0 Å². The van der Waals surface area contributed by atoms with E-state index in [2.05, 4.69) is 63.8 Å². The van der Waals surface area contributed by atoms with Gasteiger partial charge in [-0.2, -0.15) is 5.10 Å². The van der Waals surface area contributed by atoms with Crippen molar-refractivity contribution in [3.05, 3.63) is 48.0 Å². The molecule has 0 radical (unpaired) electrons. The maximum atomic E-state index is 4.25. The van der Waals surface area contributed by atoms with E-state index in [1.54, 1.807) is 18.1 Å². The van der Waals surface area contributed by atoms with Crippen LogP contribution in [0.5, 0.6) is 0 Å². The van der Waals surface area contributed by atoms with E-state index >= 15 is 0 Å². The molecule has 1 heterocycles. The molecule has 0 saturated carbocycles. The Labute approximate surface area is 131 Å². The molecule has 0 amide bonds. The molecule has 0 atom stereocenters. The lowest BCUT2D eigenvalue weighted by atomic mass is 9.85. The van der Waals surface area contributed by atoms with Crippen LogP contribution < -0.4 is 10.6 Å². The van der Waals surface area contributed by atoms with Crippen molar-refractivity contribution in [3.63, 3.8) is 0 Å². The van der Waals surface area contributed by atoms with Gasteiger partial charge in [0.1, 0.15) is 12.2 Å². The first-order valence-electron chi connectivity index (χ1n) is 7.36. The number of rotatable bonds is 5. The molecule has 22 heavy (non-hydrogen) atoms. The van der Waals surface area contributed by atoms with Crippen molar-refractivity contribution in [1.82, 2.24) is 25.4 Å². The summed E-state index contributed by atoms with van der Waals surface area (Å²) in [6.45, 7) is 5.80. The van der Waals surface area contributed by atoms with Crippen LogP contribution in [0.25, 0.3) is 0 Å². The van der Waals surface area contributed by atoms with Crippen molar-refractivity contribution >= 4 is 5.96 Å². The van der Waals surface area contributed by atoms with Gasteiger partial charge < -0.3 is 10.6 Å². The van der Waals surface area contributed by atoms with E-state index < -0.39 is 0 Å². The third-order valence-corrected chi connectivity index (χ3v) is 3.70. The molecule has 118 valence electrons. The summed E-state index contributed by atoms with van der Waals surface area (Å²) in [7, 11) is 3.64. The fourth-order valence-electron chi connectivity index (χ4n) is 2.16. The summed E-state index contributed by atoms with van der Waals surface area (Å²) in [6, 6.07) is 10.5. The second kappa shape index (κ2) is 7.06. The summed E-state index contributed by atoms with van der Waals surface area (Å²) in [5, 5.41) is 10.7. The number of aryl methyl sites for hydroxylation is 1. The number of hydrogen-bond donors (Lipinski definition) is 2. The summed E-state index contributed by atoms with van der Waals surface area (Å²) in [4.78, 5) is 8.44. The average molecular weight is 300 g/mol. The lowest BCUT2D eigenvalue weighted by Gasteiger charge is -2.26. The topological polar surface area (TPSA) is 67.1 Å². The lowest BCUT2D eigenvalue weighted by molar-refractivity contribution is 0.508. The van der Waals surface area contributed by atoms with E-state index in [-0.39, 0.29) is 5.41 Å². The molecule has 2 aromatic rings. The molecule has 0 aliphatic carbocycles. The van der Waals surface area contributed by atoms with Crippen LogP contribution in [-0.2, 0) is 19.0 Å². The van der Waals surface area contributed by atoms with Gasteiger partial charge in [0, 0.05) is 26.1 Å². The fraction of sp³-hybridized carbons (Fsp3) is 0.438. The normalized spacial score (nSPS) is 12.3. The molecular formula is C16H24N6. The minimum Gasteiger partial charge on any atom is -0.356 e. The summed E-state index contributed by atoms with van der Waals surface area (Å²) < 4.78 is 1.74. The van der Waals surface area contributed by atoms with Crippen LogP contribution in [0.1, 0.15) is 25.2 Å². The summed E-state index contributed by atoms with van der Waals surface area (Å²) in [6.07, 6.45) is 1.55. The van der Waals surface area contributed by atoms with Gasteiger partial charge in [-0.1, -0.05) is 44.2 Å². The van der Waals surface area contributed by atoms with Gasteiger partial charge in [0.25, 0.3) is 0 Å². The molecule has 0 fully saturated rings. The van der Waals surface area contributed by atoms with Crippen molar-refractivity contribution in [1.29, 1.82) is 0 Å². The van der Waals surface area contributed by atoms with Gasteiger partial charge in [0.2, 0.25) is 0 Å². The van der Waals surface area contributed by atoms with Crippen molar-refractivity contribution in [2.75, 3.05) is 13.6 Å². The van der Waals surface area contributed by atoms with Crippen LogP contribution in [0, 0.1) is 0 Å². The minimum atomic E-state index is 0.0175. The molecule has 2 N–H and O–H groups in total. The highest BCUT2D eigenvalue weighted by atomic mass is 15.3. The largest absolute Gasteiger partial charge is 0.356 e. The number of aromatic nitrogens is 3. The maximum absolute atomic E-state index is 4.25. The first-order valence-corrected chi connectivity index (χ1v) is 7.36. The van der Waals surface area contributed by atoms with Gasteiger partial charge in [-0.25, -0.2) is 4.98 Å². The van der Waals surface area contributed by atoms with E-state index in [9.17, 15) is 0 Å². The Hall–Kier alpha value is -2.37. The number of nitrogens with zero attached hydrogens (tertiary/aromatic N) is 4. The molecule has 0 aliphatic heterocycles. The number of benzene rings is 1. The van der Waals surface area contributed by atoms with Gasteiger partial charge in [-0.05, 0) is 5.56 Å². The van der Waals surface area contributed by atoms with Crippen molar-refractivity contribution < 1.29 is 0 Å². The van der Waals surface area contributed by atoms with Crippen LogP contribution in [0.4, 0.5) is 0 Å².